The quantitative estimate of drug-likeness (QED) is 0.800. The highest BCUT2D eigenvalue weighted by molar-refractivity contribution is 5.83. The molecule has 1 saturated carbocycles. The van der Waals surface area contributed by atoms with Crippen LogP contribution in [0.15, 0.2) is 0 Å². The number of carbonyl (C=O) groups excluding carboxylic acids is 1. The fourth-order valence-electron chi connectivity index (χ4n) is 2.88. The highest BCUT2D eigenvalue weighted by Gasteiger charge is 2.47. The van der Waals surface area contributed by atoms with E-state index in [-0.39, 0.29) is 12.5 Å². The van der Waals surface area contributed by atoms with Crippen molar-refractivity contribution in [2.75, 3.05) is 33.4 Å². The largest absolute Gasteiger partial charge is 0.395 e. The van der Waals surface area contributed by atoms with Gasteiger partial charge in [0.2, 0.25) is 5.91 Å². The molecular weight excluding hydrogens is 218 g/mol. The summed E-state index contributed by atoms with van der Waals surface area (Å²) in [5.74, 6) is 0.700. The third-order valence-corrected chi connectivity index (χ3v) is 4.12. The average Bonchev–Trinajstić information content (AvgIpc) is 2.29. The first-order chi connectivity index (χ1) is 8.18. The van der Waals surface area contributed by atoms with Crippen molar-refractivity contribution < 1.29 is 14.6 Å². The molecule has 2 aliphatic rings. The van der Waals surface area contributed by atoms with Gasteiger partial charge in [0, 0.05) is 13.6 Å². The maximum absolute atomic E-state index is 12.2. The normalized spacial score (nSPS) is 24.1. The van der Waals surface area contributed by atoms with Crippen LogP contribution in [0.3, 0.4) is 0 Å². The lowest BCUT2D eigenvalue weighted by Crippen LogP contribution is -2.57. The van der Waals surface area contributed by atoms with E-state index >= 15 is 0 Å². The summed E-state index contributed by atoms with van der Waals surface area (Å²) in [6.45, 7) is 1.48. The Hall–Kier alpha value is -0.610. The number of aliphatic hydroxyl groups excluding tert-OH is 1. The molecule has 98 valence electrons. The Morgan fingerprint density at radius 3 is 2.47 bits per heavy atom. The van der Waals surface area contributed by atoms with E-state index in [1.165, 1.54) is 32.1 Å². The average molecular weight is 241 g/mol. The lowest BCUT2D eigenvalue weighted by atomic mass is 9.84. The van der Waals surface area contributed by atoms with E-state index in [1.807, 2.05) is 7.05 Å². The molecule has 1 aliphatic carbocycles. The lowest BCUT2D eigenvalue weighted by molar-refractivity contribution is -0.179. The van der Waals surface area contributed by atoms with Crippen molar-refractivity contribution in [3.63, 3.8) is 0 Å². The summed E-state index contributed by atoms with van der Waals surface area (Å²) in [4.78, 5) is 14.0. The van der Waals surface area contributed by atoms with Gasteiger partial charge in [0.25, 0.3) is 0 Å². The molecule has 2 fully saturated rings. The summed E-state index contributed by atoms with van der Waals surface area (Å²) in [7, 11) is 1.85. The second kappa shape index (κ2) is 5.36. The molecule has 0 bridgehead atoms. The van der Waals surface area contributed by atoms with Gasteiger partial charge in [0.1, 0.15) is 5.41 Å². The third kappa shape index (κ3) is 2.63. The smallest absolute Gasteiger partial charge is 0.235 e. The predicted octanol–water partition coefficient (Wildman–Crippen LogP) is 1.03. The van der Waals surface area contributed by atoms with Gasteiger partial charge < -0.3 is 14.7 Å². The molecule has 0 aromatic rings. The van der Waals surface area contributed by atoms with Crippen LogP contribution in [0.5, 0.6) is 0 Å². The zero-order valence-electron chi connectivity index (χ0n) is 10.7. The van der Waals surface area contributed by atoms with Crippen molar-refractivity contribution in [1.29, 1.82) is 0 Å². The van der Waals surface area contributed by atoms with Gasteiger partial charge in [-0.1, -0.05) is 19.3 Å². The van der Waals surface area contributed by atoms with Crippen molar-refractivity contribution in [2.45, 2.75) is 32.1 Å². The Bertz CT molecular complexity index is 264. The van der Waals surface area contributed by atoms with Gasteiger partial charge >= 0.3 is 0 Å². The maximum atomic E-state index is 12.2. The number of hydrogen-bond donors (Lipinski definition) is 1. The molecule has 1 N–H and O–H groups in total. The standard InChI is InChI=1S/C13H23NO3/c1-14(7-11-5-3-2-4-6-11)12(16)13(8-15)9-17-10-13/h11,15H,2-10H2,1H3. The fraction of sp³-hybridized carbons (Fsp3) is 0.923. The van der Waals surface area contributed by atoms with Crippen LogP contribution in [0, 0.1) is 11.3 Å². The van der Waals surface area contributed by atoms with Crippen LogP contribution >= 0.6 is 0 Å². The topological polar surface area (TPSA) is 49.8 Å². The molecule has 17 heavy (non-hydrogen) atoms. The molecule has 0 unspecified atom stereocenters. The highest BCUT2D eigenvalue weighted by atomic mass is 16.5. The van der Waals surface area contributed by atoms with E-state index in [9.17, 15) is 9.90 Å². The summed E-state index contributed by atoms with van der Waals surface area (Å²) in [5, 5.41) is 9.33. The molecule has 0 radical (unpaired) electrons. The van der Waals surface area contributed by atoms with Crippen molar-refractivity contribution in [3.05, 3.63) is 0 Å². The van der Waals surface area contributed by atoms with E-state index in [1.54, 1.807) is 4.90 Å². The van der Waals surface area contributed by atoms with Crippen LogP contribution in [0.2, 0.25) is 0 Å². The van der Waals surface area contributed by atoms with Crippen LogP contribution in [-0.2, 0) is 9.53 Å². The summed E-state index contributed by atoms with van der Waals surface area (Å²) < 4.78 is 5.08. The Kier molecular flexibility index (Phi) is 4.05. The molecule has 0 aromatic heterocycles. The third-order valence-electron chi connectivity index (χ3n) is 4.12. The zero-order valence-corrected chi connectivity index (χ0v) is 10.7. The van der Waals surface area contributed by atoms with Crippen LogP contribution in [0.4, 0.5) is 0 Å². The number of ether oxygens (including phenoxy) is 1. The molecule has 1 amide bonds. The van der Waals surface area contributed by atoms with Crippen LogP contribution in [-0.4, -0.2) is 49.3 Å². The van der Waals surface area contributed by atoms with Crippen LogP contribution < -0.4 is 0 Å². The molecule has 1 heterocycles. The molecule has 0 atom stereocenters. The first-order valence-corrected chi connectivity index (χ1v) is 6.62. The Morgan fingerprint density at radius 1 is 1.35 bits per heavy atom. The van der Waals surface area contributed by atoms with Gasteiger partial charge in [-0.25, -0.2) is 0 Å². The second-order valence-corrected chi connectivity index (χ2v) is 5.62. The molecule has 1 aliphatic heterocycles. The first kappa shape index (κ1) is 12.8. The molecule has 0 spiro atoms. The Balaban J connectivity index is 1.86. The maximum Gasteiger partial charge on any atom is 0.235 e. The number of rotatable bonds is 4. The molecule has 0 aromatic carbocycles. The van der Waals surface area contributed by atoms with E-state index in [0.29, 0.717) is 19.1 Å². The van der Waals surface area contributed by atoms with Gasteiger partial charge in [0.05, 0.1) is 19.8 Å². The fourth-order valence-corrected chi connectivity index (χ4v) is 2.88. The molecule has 1 saturated heterocycles. The molecule has 4 nitrogen and oxygen atoms in total. The van der Waals surface area contributed by atoms with E-state index in [0.717, 1.165) is 6.54 Å². The van der Waals surface area contributed by atoms with Gasteiger partial charge in [0.15, 0.2) is 0 Å². The van der Waals surface area contributed by atoms with Gasteiger partial charge in [-0.3, -0.25) is 4.79 Å². The number of carbonyl (C=O) groups is 1. The minimum Gasteiger partial charge on any atom is -0.395 e. The summed E-state index contributed by atoms with van der Waals surface area (Å²) in [6, 6.07) is 0. The van der Waals surface area contributed by atoms with Crippen molar-refractivity contribution in [1.82, 2.24) is 4.90 Å². The number of aliphatic hydroxyl groups is 1. The molecule has 4 heteroatoms. The van der Waals surface area contributed by atoms with Gasteiger partial charge in [-0.05, 0) is 18.8 Å². The van der Waals surface area contributed by atoms with E-state index < -0.39 is 5.41 Å². The predicted molar refractivity (Wildman–Crippen MR) is 64.5 cm³/mol. The van der Waals surface area contributed by atoms with Crippen molar-refractivity contribution in [3.8, 4) is 0 Å². The summed E-state index contributed by atoms with van der Waals surface area (Å²) >= 11 is 0. The Labute approximate surface area is 103 Å². The van der Waals surface area contributed by atoms with E-state index in [4.69, 9.17) is 4.74 Å². The Morgan fingerprint density at radius 2 is 2.00 bits per heavy atom. The highest BCUT2D eigenvalue weighted by Crippen LogP contribution is 2.30. The van der Waals surface area contributed by atoms with Crippen molar-refractivity contribution >= 4 is 5.91 Å². The minimum absolute atomic E-state index is 0.0526. The zero-order chi connectivity index (χ0) is 12.3. The second-order valence-electron chi connectivity index (χ2n) is 5.62. The summed E-state index contributed by atoms with van der Waals surface area (Å²) in [5.41, 5.74) is -0.635. The number of hydrogen-bond acceptors (Lipinski definition) is 3. The number of nitrogens with zero attached hydrogens (tertiary/aromatic N) is 1. The van der Waals surface area contributed by atoms with E-state index in [2.05, 4.69) is 0 Å². The monoisotopic (exact) mass is 241 g/mol. The van der Waals surface area contributed by atoms with Crippen LogP contribution in [0.1, 0.15) is 32.1 Å². The first-order valence-electron chi connectivity index (χ1n) is 6.62. The lowest BCUT2D eigenvalue weighted by Gasteiger charge is -2.41. The van der Waals surface area contributed by atoms with Crippen LogP contribution in [0.25, 0.3) is 0 Å². The van der Waals surface area contributed by atoms with Gasteiger partial charge in [-0.2, -0.15) is 0 Å². The van der Waals surface area contributed by atoms with Crippen molar-refractivity contribution in [2.24, 2.45) is 11.3 Å². The molecule has 2 rings (SSSR count). The molecular formula is C13H23NO3. The van der Waals surface area contributed by atoms with Gasteiger partial charge in [-0.15, -0.1) is 0 Å². The minimum atomic E-state index is -0.635. The summed E-state index contributed by atoms with van der Waals surface area (Å²) in [6.07, 6.45) is 6.39. The number of amides is 1. The SMILES string of the molecule is CN(CC1CCCCC1)C(=O)C1(CO)COC1.